The summed E-state index contributed by atoms with van der Waals surface area (Å²) in [7, 11) is 3.46. The van der Waals surface area contributed by atoms with Gasteiger partial charge < -0.3 is 15.2 Å². The van der Waals surface area contributed by atoms with Crippen LogP contribution in [-0.4, -0.2) is 49.1 Å². The quantitative estimate of drug-likeness (QED) is 0.809. The fraction of sp³-hybridized carbons (Fsp3) is 0.294. The van der Waals surface area contributed by atoms with Crippen LogP contribution in [0.25, 0.3) is 10.8 Å². The van der Waals surface area contributed by atoms with Crippen molar-refractivity contribution in [3.63, 3.8) is 0 Å². The molecular formula is C17H20N2O4. The van der Waals surface area contributed by atoms with Gasteiger partial charge in [-0.1, -0.05) is 18.2 Å². The van der Waals surface area contributed by atoms with Gasteiger partial charge >= 0.3 is 5.97 Å². The molecule has 0 radical (unpaired) electrons. The third kappa shape index (κ3) is 4.96. The SMILES string of the molecule is COc1ccc2cc(CN(C)CC(=O)NCC(=O)O)ccc2c1. The zero-order valence-corrected chi connectivity index (χ0v) is 13.2. The van der Waals surface area contributed by atoms with Gasteiger partial charge in [0.15, 0.2) is 0 Å². The molecule has 0 aliphatic carbocycles. The highest BCUT2D eigenvalue weighted by Gasteiger charge is 2.09. The molecule has 6 nitrogen and oxygen atoms in total. The van der Waals surface area contributed by atoms with E-state index in [1.165, 1.54) is 0 Å². The Kier molecular flexibility index (Phi) is 5.54. The number of rotatable bonds is 7. The summed E-state index contributed by atoms with van der Waals surface area (Å²) >= 11 is 0. The predicted molar refractivity (Wildman–Crippen MR) is 87.5 cm³/mol. The maximum Gasteiger partial charge on any atom is 0.322 e. The van der Waals surface area contributed by atoms with Gasteiger partial charge in [-0.2, -0.15) is 0 Å². The van der Waals surface area contributed by atoms with E-state index in [9.17, 15) is 9.59 Å². The molecule has 0 saturated heterocycles. The molecule has 0 atom stereocenters. The first-order valence-corrected chi connectivity index (χ1v) is 7.21. The zero-order valence-electron chi connectivity index (χ0n) is 13.2. The van der Waals surface area contributed by atoms with E-state index in [1.807, 2.05) is 42.3 Å². The van der Waals surface area contributed by atoms with Gasteiger partial charge in [0.05, 0.1) is 13.7 Å². The maximum absolute atomic E-state index is 11.6. The fourth-order valence-electron chi connectivity index (χ4n) is 2.34. The van der Waals surface area contributed by atoms with Gasteiger partial charge in [0.25, 0.3) is 0 Å². The Bertz CT molecular complexity index is 715. The summed E-state index contributed by atoms with van der Waals surface area (Å²) in [5.74, 6) is -0.538. The smallest absolute Gasteiger partial charge is 0.322 e. The molecule has 0 spiro atoms. The molecule has 2 N–H and O–H groups in total. The average molecular weight is 316 g/mol. The molecule has 0 aliphatic heterocycles. The number of nitrogens with one attached hydrogen (secondary N) is 1. The normalized spacial score (nSPS) is 10.7. The number of methoxy groups -OCH3 is 1. The molecule has 0 fully saturated rings. The van der Waals surface area contributed by atoms with E-state index in [0.717, 1.165) is 22.1 Å². The summed E-state index contributed by atoms with van der Waals surface area (Å²) in [6.45, 7) is 0.390. The first-order valence-electron chi connectivity index (χ1n) is 7.21. The van der Waals surface area contributed by atoms with Gasteiger partial charge in [0, 0.05) is 6.54 Å². The topological polar surface area (TPSA) is 78.9 Å². The number of benzene rings is 2. The number of carbonyl (C=O) groups is 2. The van der Waals surface area contributed by atoms with Crippen LogP contribution < -0.4 is 10.1 Å². The highest BCUT2D eigenvalue weighted by atomic mass is 16.5. The predicted octanol–water partition coefficient (Wildman–Crippen LogP) is 1.48. The van der Waals surface area contributed by atoms with Gasteiger partial charge in [-0.05, 0) is 41.6 Å². The molecule has 0 bridgehead atoms. The third-order valence-corrected chi connectivity index (χ3v) is 3.41. The van der Waals surface area contributed by atoms with Crippen molar-refractivity contribution in [2.45, 2.75) is 6.54 Å². The number of nitrogens with zero attached hydrogens (tertiary/aromatic N) is 1. The number of carbonyl (C=O) groups excluding carboxylic acids is 1. The number of amides is 1. The van der Waals surface area contributed by atoms with Crippen LogP contribution in [0.1, 0.15) is 5.56 Å². The second kappa shape index (κ2) is 7.60. The first-order chi connectivity index (χ1) is 11.0. The molecule has 0 saturated carbocycles. The van der Waals surface area contributed by atoms with Crippen LogP contribution in [0.15, 0.2) is 36.4 Å². The van der Waals surface area contributed by atoms with Crippen molar-refractivity contribution >= 4 is 22.6 Å². The molecule has 0 heterocycles. The van der Waals surface area contributed by atoms with E-state index in [-0.39, 0.29) is 19.0 Å². The van der Waals surface area contributed by atoms with Crippen molar-refractivity contribution < 1.29 is 19.4 Å². The summed E-state index contributed by atoms with van der Waals surface area (Å²) in [4.78, 5) is 23.8. The van der Waals surface area contributed by atoms with Crippen molar-refractivity contribution in [1.29, 1.82) is 0 Å². The molecule has 2 rings (SSSR count). The van der Waals surface area contributed by atoms with Crippen molar-refractivity contribution in [2.75, 3.05) is 27.2 Å². The minimum absolute atomic E-state index is 0.147. The van der Waals surface area contributed by atoms with E-state index in [0.29, 0.717) is 6.54 Å². The Morgan fingerprint density at radius 2 is 1.87 bits per heavy atom. The Hall–Kier alpha value is -2.60. The van der Waals surface area contributed by atoms with Crippen LogP contribution in [0.4, 0.5) is 0 Å². The lowest BCUT2D eigenvalue weighted by molar-refractivity contribution is -0.138. The van der Waals surface area contributed by atoms with E-state index in [4.69, 9.17) is 9.84 Å². The number of carboxylic acid groups (broad SMARTS) is 1. The number of aliphatic carboxylic acids is 1. The summed E-state index contributed by atoms with van der Waals surface area (Å²) < 4.78 is 5.21. The van der Waals surface area contributed by atoms with E-state index in [1.54, 1.807) is 7.11 Å². The lowest BCUT2D eigenvalue weighted by atomic mass is 10.1. The lowest BCUT2D eigenvalue weighted by Gasteiger charge is -2.16. The molecule has 2 aromatic carbocycles. The molecule has 6 heteroatoms. The molecular weight excluding hydrogens is 296 g/mol. The first kappa shape index (κ1) is 16.8. The fourth-order valence-corrected chi connectivity index (χ4v) is 2.34. The number of hydrogen-bond acceptors (Lipinski definition) is 4. The molecule has 2 aromatic rings. The van der Waals surface area contributed by atoms with Gasteiger partial charge in [-0.15, -0.1) is 0 Å². The van der Waals surface area contributed by atoms with Crippen LogP contribution in [-0.2, 0) is 16.1 Å². The Labute approximate surface area is 134 Å². The Morgan fingerprint density at radius 1 is 1.17 bits per heavy atom. The van der Waals surface area contributed by atoms with Crippen molar-refractivity contribution in [1.82, 2.24) is 10.2 Å². The van der Waals surface area contributed by atoms with Gasteiger partial charge in [-0.3, -0.25) is 14.5 Å². The summed E-state index contributed by atoms with van der Waals surface area (Å²) in [5, 5.41) is 13.1. The third-order valence-electron chi connectivity index (χ3n) is 3.41. The minimum Gasteiger partial charge on any atom is -0.497 e. The molecule has 0 aromatic heterocycles. The van der Waals surface area contributed by atoms with Crippen molar-refractivity contribution in [3.8, 4) is 5.75 Å². The molecule has 1 amide bonds. The van der Waals surface area contributed by atoms with Crippen molar-refractivity contribution in [2.24, 2.45) is 0 Å². The number of hydrogen-bond donors (Lipinski definition) is 2. The number of ether oxygens (including phenoxy) is 1. The van der Waals surface area contributed by atoms with Gasteiger partial charge in [-0.25, -0.2) is 0 Å². The average Bonchev–Trinajstić information content (AvgIpc) is 2.52. The maximum atomic E-state index is 11.6. The second-order valence-corrected chi connectivity index (χ2v) is 5.39. The van der Waals surface area contributed by atoms with Gasteiger partial charge in [0.1, 0.15) is 12.3 Å². The van der Waals surface area contributed by atoms with Crippen LogP contribution >= 0.6 is 0 Å². The molecule has 0 aliphatic rings. The number of carboxylic acids is 1. The highest BCUT2D eigenvalue weighted by molar-refractivity contribution is 5.84. The number of fused-ring (bicyclic) bond motifs is 1. The molecule has 0 unspecified atom stereocenters. The summed E-state index contributed by atoms with van der Waals surface area (Å²) in [6.07, 6.45) is 0. The zero-order chi connectivity index (χ0) is 16.8. The summed E-state index contributed by atoms with van der Waals surface area (Å²) in [5.41, 5.74) is 1.08. The molecule has 23 heavy (non-hydrogen) atoms. The lowest BCUT2D eigenvalue weighted by Crippen LogP contribution is -2.37. The van der Waals surface area contributed by atoms with Gasteiger partial charge in [0.2, 0.25) is 5.91 Å². The van der Waals surface area contributed by atoms with Crippen LogP contribution in [0.5, 0.6) is 5.75 Å². The van der Waals surface area contributed by atoms with Crippen LogP contribution in [0.3, 0.4) is 0 Å². The van der Waals surface area contributed by atoms with Crippen LogP contribution in [0.2, 0.25) is 0 Å². The standard InChI is InChI=1S/C17H20N2O4/c1-19(11-16(20)18-9-17(21)22)10-12-3-4-14-8-15(23-2)6-5-13(14)7-12/h3-8H,9-11H2,1-2H3,(H,18,20)(H,21,22). The Balaban J connectivity index is 1.98. The largest absolute Gasteiger partial charge is 0.497 e. The highest BCUT2D eigenvalue weighted by Crippen LogP contribution is 2.22. The summed E-state index contributed by atoms with van der Waals surface area (Å²) in [6, 6.07) is 12.0. The number of likely N-dealkylation sites (N-methyl/N-ethyl adjacent to an activating group) is 1. The Morgan fingerprint density at radius 3 is 2.57 bits per heavy atom. The minimum atomic E-state index is -1.05. The molecule has 122 valence electrons. The van der Waals surface area contributed by atoms with E-state index in [2.05, 4.69) is 11.4 Å². The van der Waals surface area contributed by atoms with Crippen molar-refractivity contribution in [3.05, 3.63) is 42.0 Å². The second-order valence-electron chi connectivity index (χ2n) is 5.39. The van der Waals surface area contributed by atoms with E-state index < -0.39 is 5.97 Å². The van der Waals surface area contributed by atoms with Crippen LogP contribution in [0, 0.1) is 0 Å². The van der Waals surface area contributed by atoms with E-state index >= 15 is 0 Å². The monoisotopic (exact) mass is 316 g/mol.